The summed E-state index contributed by atoms with van der Waals surface area (Å²) in [6.45, 7) is 3.14. The van der Waals surface area contributed by atoms with Gasteiger partial charge in [-0.1, -0.05) is 49.5 Å². The molecule has 1 heterocycles. The van der Waals surface area contributed by atoms with Crippen LogP contribution >= 0.6 is 12.2 Å². The van der Waals surface area contributed by atoms with Crippen molar-refractivity contribution in [1.29, 1.82) is 0 Å². The predicted molar refractivity (Wildman–Crippen MR) is 88.0 cm³/mol. The van der Waals surface area contributed by atoms with Crippen molar-refractivity contribution in [3.8, 4) is 0 Å². The minimum absolute atomic E-state index is 0.120. The SMILES string of the molecule is CC1CCCN(S(=O)(=O)NC(C(N)=S)c2ccccc2)C1. The number of nitrogens with zero attached hydrogens (tertiary/aromatic N) is 1. The van der Waals surface area contributed by atoms with Crippen LogP contribution in [0.2, 0.25) is 0 Å². The fraction of sp³-hybridized carbons (Fsp3) is 0.500. The summed E-state index contributed by atoms with van der Waals surface area (Å²) in [4.78, 5) is 0.120. The van der Waals surface area contributed by atoms with E-state index in [0.29, 0.717) is 19.0 Å². The predicted octanol–water partition coefficient (Wildman–Crippen LogP) is 1.58. The molecule has 1 aromatic rings. The third-order valence-corrected chi connectivity index (χ3v) is 5.42. The molecule has 0 saturated carbocycles. The fourth-order valence-corrected chi connectivity index (χ4v) is 4.32. The van der Waals surface area contributed by atoms with Crippen molar-refractivity contribution in [2.75, 3.05) is 13.1 Å². The Bertz CT molecular complexity index is 589. The van der Waals surface area contributed by atoms with Crippen LogP contribution in [0, 0.1) is 5.92 Å². The van der Waals surface area contributed by atoms with Gasteiger partial charge in [-0.05, 0) is 24.3 Å². The van der Waals surface area contributed by atoms with E-state index in [9.17, 15) is 8.42 Å². The third-order valence-electron chi connectivity index (χ3n) is 3.64. The number of nitrogens with one attached hydrogen (secondary N) is 1. The Morgan fingerprint density at radius 2 is 2.10 bits per heavy atom. The van der Waals surface area contributed by atoms with E-state index in [1.165, 1.54) is 4.31 Å². The van der Waals surface area contributed by atoms with Crippen LogP contribution in [0.5, 0.6) is 0 Å². The van der Waals surface area contributed by atoms with Gasteiger partial charge in [0.15, 0.2) is 0 Å². The lowest BCUT2D eigenvalue weighted by atomic mass is 10.0. The summed E-state index contributed by atoms with van der Waals surface area (Å²) in [5.74, 6) is 0.371. The molecule has 1 saturated heterocycles. The van der Waals surface area contributed by atoms with Crippen LogP contribution < -0.4 is 10.5 Å². The Kier molecular flexibility index (Phi) is 5.32. The monoisotopic (exact) mass is 327 g/mol. The van der Waals surface area contributed by atoms with Crippen LogP contribution in [-0.2, 0) is 10.2 Å². The molecule has 116 valence electrons. The van der Waals surface area contributed by atoms with Gasteiger partial charge in [-0.25, -0.2) is 0 Å². The maximum atomic E-state index is 12.5. The van der Waals surface area contributed by atoms with Gasteiger partial charge < -0.3 is 5.73 Å². The molecule has 0 radical (unpaired) electrons. The van der Waals surface area contributed by atoms with E-state index in [1.54, 1.807) is 0 Å². The van der Waals surface area contributed by atoms with Gasteiger partial charge in [0.2, 0.25) is 0 Å². The molecule has 2 atom stereocenters. The Hall–Kier alpha value is -1.02. The van der Waals surface area contributed by atoms with Gasteiger partial charge in [0, 0.05) is 13.1 Å². The first-order chi connectivity index (χ1) is 9.90. The van der Waals surface area contributed by atoms with E-state index in [4.69, 9.17) is 18.0 Å². The minimum Gasteiger partial charge on any atom is -0.392 e. The van der Waals surface area contributed by atoms with Crippen molar-refractivity contribution in [1.82, 2.24) is 9.03 Å². The third kappa shape index (κ3) is 4.23. The highest BCUT2D eigenvalue weighted by Crippen LogP contribution is 2.20. The normalized spacial score (nSPS) is 21.9. The zero-order chi connectivity index (χ0) is 15.5. The molecular weight excluding hydrogens is 306 g/mol. The van der Waals surface area contributed by atoms with Crippen molar-refractivity contribution >= 4 is 27.4 Å². The summed E-state index contributed by atoms with van der Waals surface area (Å²) in [5, 5.41) is 0. The number of thiocarbonyl (C=S) groups is 1. The minimum atomic E-state index is -3.59. The molecule has 2 rings (SSSR count). The Morgan fingerprint density at radius 1 is 1.43 bits per heavy atom. The Balaban J connectivity index is 2.18. The topological polar surface area (TPSA) is 75.4 Å². The maximum Gasteiger partial charge on any atom is 0.280 e. The first-order valence-corrected chi connectivity index (χ1v) is 8.86. The molecule has 0 aliphatic carbocycles. The van der Waals surface area contributed by atoms with Gasteiger partial charge in [-0.15, -0.1) is 0 Å². The van der Waals surface area contributed by atoms with Crippen molar-refractivity contribution in [2.45, 2.75) is 25.8 Å². The zero-order valence-electron chi connectivity index (χ0n) is 12.0. The molecule has 21 heavy (non-hydrogen) atoms. The second kappa shape index (κ2) is 6.83. The lowest BCUT2D eigenvalue weighted by Gasteiger charge is -2.31. The molecule has 3 N–H and O–H groups in total. The molecule has 7 heteroatoms. The molecule has 1 fully saturated rings. The van der Waals surface area contributed by atoms with Crippen LogP contribution in [0.15, 0.2) is 30.3 Å². The summed E-state index contributed by atoms with van der Waals surface area (Å²) >= 11 is 5.02. The Morgan fingerprint density at radius 3 is 2.67 bits per heavy atom. The van der Waals surface area contributed by atoms with E-state index in [0.717, 1.165) is 18.4 Å². The second-order valence-corrected chi connectivity index (χ2v) is 7.65. The highest BCUT2D eigenvalue weighted by Gasteiger charge is 2.30. The van der Waals surface area contributed by atoms with Gasteiger partial charge >= 0.3 is 0 Å². The number of rotatable bonds is 5. The number of nitrogens with two attached hydrogens (primary N) is 1. The smallest absolute Gasteiger partial charge is 0.280 e. The molecular formula is C14H21N3O2S2. The van der Waals surface area contributed by atoms with Crippen LogP contribution in [0.4, 0.5) is 0 Å². The summed E-state index contributed by atoms with van der Waals surface area (Å²) in [6.07, 6.45) is 1.94. The summed E-state index contributed by atoms with van der Waals surface area (Å²) < 4.78 is 29.2. The van der Waals surface area contributed by atoms with Gasteiger partial charge in [0.1, 0.15) is 0 Å². The lowest BCUT2D eigenvalue weighted by molar-refractivity contribution is 0.278. The highest BCUT2D eigenvalue weighted by atomic mass is 32.2. The van der Waals surface area contributed by atoms with Crippen LogP contribution in [0.25, 0.3) is 0 Å². The van der Waals surface area contributed by atoms with Crippen LogP contribution in [0.1, 0.15) is 31.4 Å². The molecule has 1 aromatic carbocycles. The summed E-state index contributed by atoms with van der Waals surface area (Å²) in [5.41, 5.74) is 6.47. The van der Waals surface area contributed by atoms with Crippen molar-refractivity contribution in [3.05, 3.63) is 35.9 Å². The number of benzene rings is 1. The Labute approximate surface area is 131 Å². The second-order valence-electron chi connectivity index (χ2n) is 5.47. The molecule has 0 amide bonds. The molecule has 0 spiro atoms. The largest absolute Gasteiger partial charge is 0.392 e. The van der Waals surface area contributed by atoms with E-state index in [2.05, 4.69) is 11.6 Å². The molecule has 0 aromatic heterocycles. The van der Waals surface area contributed by atoms with Crippen molar-refractivity contribution in [2.24, 2.45) is 11.7 Å². The maximum absolute atomic E-state index is 12.5. The number of hydrogen-bond acceptors (Lipinski definition) is 3. The van der Waals surface area contributed by atoms with Crippen molar-refractivity contribution < 1.29 is 8.42 Å². The summed E-state index contributed by atoms with van der Waals surface area (Å²) in [6, 6.07) is 8.47. The average Bonchev–Trinajstić information content (AvgIpc) is 2.45. The molecule has 2 unspecified atom stereocenters. The van der Waals surface area contributed by atoms with Gasteiger partial charge in [0.05, 0.1) is 11.0 Å². The summed E-state index contributed by atoms with van der Waals surface area (Å²) in [7, 11) is -3.59. The standard InChI is InChI=1S/C14H21N3O2S2/c1-11-6-5-9-17(10-11)21(18,19)16-13(14(15)20)12-7-3-2-4-8-12/h2-4,7-8,11,13,16H,5-6,9-10H2,1H3,(H2,15,20). The van der Waals surface area contributed by atoms with Crippen LogP contribution in [-0.4, -0.2) is 30.8 Å². The van der Waals surface area contributed by atoms with E-state index >= 15 is 0 Å². The first-order valence-electron chi connectivity index (χ1n) is 7.02. The molecule has 1 aliphatic heterocycles. The molecule has 5 nitrogen and oxygen atoms in total. The van der Waals surface area contributed by atoms with Gasteiger partial charge in [0.25, 0.3) is 10.2 Å². The first kappa shape index (κ1) is 16.4. The number of piperidine rings is 1. The van der Waals surface area contributed by atoms with Crippen LogP contribution in [0.3, 0.4) is 0 Å². The van der Waals surface area contributed by atoms with E-state index < -0.39 is 16.3 Å². The lowest BCUT2D eigenvalue weighted by Crippen LogP contribution is -2.48. The number of hydrogen-bond donors (Lipinski definition) is 2. The van der Waals surface area contributed by atoms with Gasteiger partial charge in [-0.2, -0.15) is 17.4 Å². The van der Waals surface area contributed by atoms with E-state index in [1.807, 2.05) is 30.3 Å². The fourth-order valence-electron chi connectivity index (χ4n) is 2.52. The average molecular weight is 327 g/mol. The van der Waals surface area contributed by atoms with Gasteiger partial charge in [-0.3, -0.25) is 0 Å². The molecule has 0 bridgehead atoms. The van der Waals surface area contributed by atoms with Crippen molar-refractivity contribution in [3.63, 3.8) is 0 Å². The zero-order valence-corrected chi connectivity index (χ0v) is 13.7. The molecule has 1 aliphatic rings. The quantitative estimate of drug-likeness (QED) is 0.805. The van der Waals surface area contributed by atoms with E-state index in [-0.39, 0.29) is 4.99 Å². The highest BCUT2D eigenvalue weighted by molar-refractivity contribution is 7.87.